The van der Waals surface area contributed by atoms with Crippen molar-refractivity contribution < 1.29 is 42.9 Å². The Morgan fingerprint density at radius 2 is 0.667 bits per heavy atom. The first-order valence-electron chi connectivity index (χ1n) is 31.6. The first-order valence-corrected chi connectivity index (χ1v) is 31.6. The monoisotopic (exact) mass is 1120 g/mol. The van der Waals surface area contributed by atoms with E-state index in [0.29, 0.717) is 17.4 Å². The molecule has 0 aromatic carbocycles. The lowest BCUT2D eigenvalue weighted by Crippen LogP contribution is -2.44. The Morgan fingerprint density at radius 1 is 0.370 bits per heavy atom. The maximum atomic E-state index is 12.9. The van der Waals surface area contributed by atoms with Crippen LogP contribution in [0.1, 0.15) is 219 Å². The van der Waals surface area contributed by atoms with Gasteiger partial charge >= 0.3 is 11.9 Å². The van der Waals surface area contributed by atoms with Crippen molar-refractivity contribution in [3.8, 4) is 0 Å². The van der Waals surface area contributed by atoms with E-state index in [1.807, 2.05) is 21.1 Å². The zero-order chi connectivity index (χ0) is 59.1. The highest BCUT2D eigenvalue weighted by molar-refractivity contribution is 5.70. The summed E-state index contributed by atoms with van der Waals surface area (Å²) in [5, 5.41) is 11.8. The predicted octanol–water partition coefficient (Wildman–Crippen LogP) is 18.0. The predicted molar refractivity (Wildman–Crippen MR) is 342 cm³/mol. The lowest BCUT2D eigenvalue weighted by molar-refractivity contribution is -0.870. The van der Waals surface area contributed by atoms with Gasteiger partial charge < -0.3 is 33.3 Å². The molecule has 0 N–H and O–H groups in total. The molecule has 0 aliphatic carbocycles. The van der Waals surface area contributed by atoms with Crippen molar-refractivity contribution in [3.05, 3.63) is 158 Å². The van der Waals surface area contributed by atoms with Crippen LogP contribution in [0.4, 0.5) is 0 Å². The van der Waals surface area contributed by atoms with Gasteiger partial charge in [0.15, 0.2) is 12.4 Å². The average Bonchev–Trinajstić information content (AvgIpc) is 3.44. The van der Waals surface area contributed by atoms with Crippen molar-refractivity contribution in [1.29, 1.82) is 0 Å². The van der Waals surface area contributed by atoms with E-state index in [9.17, 15) is 19.5 Å². The fourth-order valence-electron chi connectivity index (χ4n) is 7.99. The number of carboxylic acid groups (broad SMARTS) is 1. The molecule has 0 bridgehead atoms. The average molecular weight is 1120 g/mol. The Bertz CT molecular complexity index is 1880. The number of rotatable bonds is 56. The molecule has 0 fully saturated rings. The molecular weight excluding hydrogens is 1010 g/mol. The Hall–Kier alpha value is -5.09. The van der Waals surface area contributed by atoms with Crippen LogP contribution in [0.2, 0.25) is 0 Å². The quantitative estimate of drug-likeness (QED) is 0.0195. The van der Waals surface area contributed by atoms with Crippen LogP contribution in [0.25, 0.3) is 0 Å². The molecule has 0 radical (unpaired) electrons. The molecule has 9 heteroatoms. The van der Waals surface area contributed by atoms with Crippen molar-refractivity contribution in [2.45, 2.75) is 232 Å². The molecule has 2 atom stereocenters. The number of unbranched alkanes of at least 4 members (excludes halogenated alkanes) is 15. The normalized spacial score (nSPS) is 13.8. The Balaban J connectivity index is 4.29. The number of nitrogens with zero attached hydrogens (tertiary/aromatic N) is 1. The van der Waals surface area contributed by atoms with Crippen LogP contribution in [0.3, 0.4) is 0 Å². The van der Waals surface area contributed by atoms with E-state index in [1.165, 1.54) is 57.8 Å². The Morgan fingerprint density at radius 3 is 1.00 bits per heavy atom. The second-order valence-corrected chi connectivity index (χ2v) is 21.6. The van der Waals surface area contributed by atoms with Crippen LogP contribution in [-0.2, 0) is 33.3 Å². The summed E-state index contributed by atoms with van der Waals surface area (Å²) in [4.78, 5) is 37.4. The van der Waals surface area contributed by atoms with Gasteiger partial charge in [0.25, 0.3) is 0 Å². The molecular formula is C72H115NO8. The molecule has 0 aliphatic rings. The third kappa shape index (κ3) is 62.4. The van der Waals surface area contributed by atoms with Gasteiger partial charge in [0.05, 0.1) is 40.3 Å². The van der Waals surface area contributed by atoms with Crippen molar-refractivity contribution in [2.75, 3.05) is 47.5 Å². The molecule has 0 heterocycles. The number of aliphatic carboxylic acids is 1. The number of carboxylic acids is 1. The van der Waals surface area contributed by atoms with Gasteiger partial charge in [-0.1, -0.05) is 242 Å². The van der Waals surface area contributed by atoms with Gasteiger partial charge in [-0.2, -0.15) is 0 Å². The summed E-state index contributed by atoms with van der Waals surface area (Å²) in [5.74, 6) is -2.35. The van der Waals surface area contributed by atoms with E-state index in [1.54, 1.807) is 0 Å². The number of hydrogen-bond acceptors (Lipinski definition) is 8. The molecule has 0 aromatic heterocycles. The number of hydrogen-bond donors (Lipinski definition) is 0. The number of quaternary nitrogens is 1. The molecule has 9 nitrogen and oxygen atoms in total. The molecule has 0 aliphatic heterocycles. The van der Waals surface area contributed by atoms with Crippen LogP contribution in [0.5, 0.6) is 0 Å². The van der Waals surface area contributed by atoms with E-state index in [-0.39, 0.29) is 38.6 Å². The SMILES string of the molecule is CC/C=C\C/C=C\C/C=C\C/C=C\C/C=C\C/C=C\C/C=C\CCCCCC(=O)OC(COC(=O)CCCCCCCCCCCCCC/C=C\C/C=C\C/C=C\C/C=C\C/C=C\C/C=C\CC)COC(OCC[N+](C)(C)C)C(=O)[O-]. The molecule has 0 rings (SSSR count). The van der Waals surface area contributed by atoms with Gasteiger partial charge in [0, 0.05) is 12.8 Å². The minimum absolute atomic E-state index is 0.132. The molecule has 0 saturated carbocycles. The van der Waals surface area contributed by atoms with Crippen molar-refractivity contribution in [3.63, 3.8) is 0 Å². The van der Waals surface area contributed by atoms with E-state index in [2.05, 4.69) is 172 Å². The van der Waals surface area contributed by atoms with Gasteiger partial charge in [-0.05, 0) is 122 Å². The minimum atomic E-state index is -1.64. The fourth-order valence-corrected chi connectivity index (χ4v) is 7.99. The Labute approximate surface area is 495 Å². The molecule has 456 valence electrons. The van der Waals surface area contributed by atoms with Gasteiger partial charge in [-0.25, -0.2) is 0 Å². The van der Waals surface area contributed by atoms with Gasteiger partial charge in [-0.15, -0.1) is 0 Å². The van der Waals surface area contributed by atoms with Crippen LogP contribution in [-0.4, -0.2) is 82.3 Å². The highest BCUT2D eigenvalue weighted by atomic mass is 16.7. The van der Waals surface area contributed by atoms with Crippen molar-refractivity contribution in [1.82, 2.24) is 0 Å². The van der Waals surface area contributed by atoms with Crippen molar-refractivity contribution in [2.24, 2.45) is 0 Å². The zero-order valence-corrected chi connectivity index (χ0v) is 51.8. The number of ether oxygens (including phenoxy) is 4. The highest BCUT2D eigenvalue weighted by Gasteiger charge is 2.22. The largest absolute Gasteiger partial charge is 0.545 e. The number of likely N-dealkylation sites (N-methyl/N-ethyl adjacent to an activating group) is 1. The number of carbonyl (C=O) groups is 3. The first kappa shape index (κ1) is 75.9. The lowest BCUT2D eigenvalue weighted by Gasteiger charge is -2.26. The third-order valence-electron chi connectivity index (χ3n) is 12.8. The zero-order valence-electron chi connectivity index (χ0n) is 51.8. The third-order valence-corrected chi connectivity index (χ3v) is 12.8. The summed E-state index contributed by atoms with van der Waals surface area (Å²) in [5.41, 5.74) is 0. The number of carbonyl (C=O) groups excluding carboxylic acids is 3. The minimum Gasteiger partial charge on any atom is -0.545 e. The Kier molecular flexibility index (Phi) is 57.2. The van der Waals surface area contributed by atoms with Gasteiger partial charge in [-0.3, -0.25) is 9.59 Å². The maximum absolute atomic E-state index is 12.9. The molecule has 2 unspecified atom stereocenters. The second kappa shape index (κ2) is 61.0. The number of allylic oxidation sites excluding steroid dienone is 26. The number of esters is 2. The van der Waals surface area contributed by atoms with Crippen LogP contribution in [0.15, 0.2) is 158 Å². The smallest absolute Gasteiger partial charge is 0.306 e. The topological polar surface area (TPSA) is 111 Å². The molecule has 81 heavy (non-hydrogen) atoms. The standard InChI is InChI=1S/C72H115NO8/c1-6-8-10-12-14-16-18-20-22-24-26-28-30-32-33-34-35-36-37-39-40-42-44-46-48-50-52-54-56-58-60-62-69(74)79-66-68(67-80-72(71(76)77)78-65-64-73(3,4)5)81-70(75)63-61-59-57-55-53-51-49-47-45-43-41-38-31-29-27-25-23-21-19-17-15-13-11-9-7-2/h8-11,14-17,20-23,26-29,32-33,35-36,38,41,45,47,51,53,68,72H,6-7,12-13,18-19,24-25,30-31,34,37,39-40,42-44,46,48-50,52,54-67H2,1-5H3/b10-8-,11-9-,16-14-,17-15-,22-20-,23-21-,28-26-,29-27-,33-32-,36-35-,41-38-,47-45-,53-51-. The van der Waals surface area contributed by atoms with E-state index >= 15 is 0 Å². The van der Waals surface area contributed by atoms with Crippen molar-refractivity contribution >= 4 is 17.9 Å². The molecule has 0 saturated heterocycles. The molecule has 0 amide bonds. The first-order chi connectivity index (χ1) is 39.6. The summed E-state index contributed by atoms with van der Waals surface area (Å²) >= 11 is 0. The fraction of sp³-hybridized carbons (Fsp3) is 0.597. The van der Waals surface area contributed by atoms with Crippen LogP contribution in [0, 0.1) is 0 Å². The van der Waals surface area contributed by atoms with Crippen LogP contribution < -0.4 is 5.11 Å². The molecule has 0 aromatic rings. The van der Waals surface area contributed by atoms with Gasteiger partial charge in [0.2, 0.25) is 0 Å². The van der Waals surface area contributed by atoms with Gasteiger partial charge in [0.1, 0.15) is 13.2 Å². The summed E-state index contributed by atoms with van der Waals surface area (Å²) in [6.07, 6.45) is 87.3. The van der Waals surface area contributed by atoms with E-state index in [0.717, 1.165) is 128 Å². The van der Waals surface area contributed by atoms with E-state index in [4.69, 9.17) is 18.9 Å². The maximum Gasteiger partial charge on any atom is 0.306 e. The van der Waals surface area contributed by atoms with Crippen LogP contribution >= 0.6 is 0 Å². The summed E-state index contributed by atoms with van der Waals surface area (Å²) in [6.45, 7) is 4.46. The second-order valence-electron chi connectivity index (χ2n) is 21.6. The summed E-state index contributed by atoms with van der Waals surface area (Å²) < 4.78 is 22.7. The summed E-state index contributed by atoms with van der Waals surface area (Å²) in [6, 6.07) is 0. The summed E-state index contributed by atoms with van der Waals surface area (Å²) in [7, 11) is 5.90. The van der Waals surface area contributed by atoms with E-state index < -0.39 is 24.3 Å². The highest BCUT2D eigenvalue weighted by Crippen LogP contribution is 2.15. The lowest BCUT2D eigenvalue weighted by atomic mass is 10.0. The molecule has 0 spiro atoms.